The summed E-state index contributed by atoms with van der Waals surface area (Å²) in [4.78, 5) is 10.8. The van der Waals surface area contributed by atoms with Gasteiger partial charge in [0.2, 0.25) is 6.04 Å². The SMILES string of the molecule is COc1ccc(C2CC=CC(O)C2[N+](=O)[O-])cc1OC. The first kappa shape index (κ1) is 14.3. The summed E-state index contributed by atoms with van der Waals surface area (Å²) >= 11 is 0. The summed E-state index contributed by atoms with van der Waals surface area (Å²) in [5, 5.41) is 21.0. The topological polar surface area (TPSA) is 81.8 Å². The van der Waals surface area contributed by atoms with E-state index in [1.807, 2.05) is 0 Å². The second-order valence-corrected chi connectivity index (χ2v) is 4.65. The lowest BCUT2D eigenvalue weighted by Crippen LogP contribution is -2.39. The first-order valence-corrected chi connectivity index (χ1v) is 6.28. The first-order valence-electron chi connectivity index (χ1n) is 6.28. The predicted molar refractivity (Wildman–Crippen MR) is 72.8 cm³/mol. The van der Waals surface area contributed by atoms with Gasteiger partial charge in [-0.15, -0.1) is 0 Å². The van der Waals surface area contributed by atoms with Crippen molar-refractivity contribution in [1.82, 2.24) is 0 Å². The molecule has 1 aromatic carbocycles. The molecule has 0 heterocycles. The van der Waals surface area contributed by atoms with Crippen LogP contribution in [-0.4, -0.2) is 36.4 Å². The van der Waals surface area contributed by atoms with Crippen molar-refractivity contribution in [2.24, 2.45) is 0 Å². The van der Waals surface area contributed by atoms with E-state index in [9.17, 15) is 15.2 Å². The quantitative estimate of drug-likeness (QED) is 0.516. The van der Waals surface area contributed by atoms with Crippen LogP contribution in [0.15, 0.2) is 30.4 Å². The zero-order chi connectivity index (χ0) is 14.7. The lowest BCUT2D eigenvalue weighted by molar-refractivity contribution is -0.536. The zero-order valence-corrected chi connectivity index (χ0v) is 11.4. The van der Waals surface area contributed by atoms with Gasteiger partial charge in [0.05, 0.1) is 20.1 Å². The van der Waals surface area contributed by atoms with Gasteiger partial charge in [0.1, 0.15) is 6.10 Å². The van der Waals surface area contributed by atoms with Gasteiger partial charge in [0.15, 0.2) is 11.5 Å². The fraction of sp³-hybridized carbons (Fsp3) is 0.429. The van der Waals surface area contributed by atoms with Crippen molar-refractivity contribution in [1.29, 1.82) is 0 Å². The van der Waals surface area contributed by atoms with Crippen LogP contribution in [0.25, 0.3) is 0 Å². The Labute approximate surface area is 116 Å². The maximum Gasteiger partial charge on any atom is 0.249 e. The molecule has 1 N–H and O–H groups in total. The van der Waals surface area contributed by atoms with E-state index in [1.165, 1.54) is 20.3 Å². The van der Waals surface area contributed by atoms with Gasteiger partial charge < -0.3 is 14.6 Å². The highest BCUT2D eigenvalue weighted by Crippen LogP contribution is 2.36. The molecule has 6 heteroatoms. The predicted octanol–water partition coefficient (Wildman–Crippen LogP) is 1.75. The van der Waals surface area contributed by atoms with Crippen LogP contribution in [0.1, 0.15) is 17.9 Å². The summed E-state index contributed by atoms with van der Waals surface area (Å²) in [7, 11) is 3.05. The molecular formula is C14H17NO5. The molecule has 0 amide bonds. The Bertz CT molecular complexity index is 528. The van der Waals surface area contributed by atoms with E-state index in [0.717, 1.165) is 5.56 Å². The molecule has 0 bridgehead atoms. The van der Waals surface area contributed by atoms with Crippen LogP contribution in [0.2, 0.25) is 0 Å². The molecule has 1 aromatic rings. The van der Waals surface area contributed by atoms with Gasteiger partial charge in [-0.2, -0.15) is 0 Å². The van der Waals surface area contributed by atoms with Crippen LogP contribution in [0.4, 0.5) is 0 Å². The zero-order valence-electron chi connectivity index (χ0n) is 11.4. The van der Waals surface area contributed by atoms with E-state index in [0.29, 0.717) is 17.9 Å². The molecule has 0 saturated heterocycles. The molecule has 20 heavy (non-hydrogen) atoms. The summed E-state index contributed by atoms with van der Waals surface area (Å²) in [6.45, 7) is 0. The van der Waals surface area contributed by atoms with Gasteiger partial charge in [0, 0.05) is 4.92 Å². The number of hydrogen-bond acceptors (Lipinski definition) is 5. The fourth-order valence-corrected chi connectivity index (χ4v) is 2.54. The van der Waals surface area contributed by atoms with Gasteiger partial charge in [-0.1, -0.05) is 18.2 Å². The Morgan fingerprint density at radius 3 is 2.60 bits per heavy atom. The number of nitrogens with zero attached hydrogens (tertiary/aromatic N) is 1. The number of nitro groups is 1. The largest absolute Gasteiger partial charge is 0.493 e. The van der Waals surface area contributed by atoms with Crippen molar-refractivity contribution in [2.75, 3.05) is 14.2 Å². The maximum absolute atomic E-state index is 11.2. The standard InChI is InChI=1S/C14H17NO5/c1-19-12-7-6-9(8-13(12)20-2)10-4-3-5-11(16)14(10)15(17)18/h3,5-8,10-11,14,16H,4H2,1-2H3. The number of allylic oxidation sites excluding steroid dienone is 1. The van der Waals surface area contributed by atoms with Gasteiger partial charge >= 0.3 is 0 Å². The van der Waals surface area contributed by atoms with Crippen LogP contribution in [0.3, 0.4) is 0 Å². The van der Waals surface area contributed by atoms with Gasteiger partial charge in [0.25, 0.3) is 0 Å². The Balaban J connectivity index is 2.39. The molecule has 0 fully saturated rings. The van der Waals surface area contributed by atoms with Crippen molar-refractivity contribution in [3.63, 3.8) is 0 Å². The average molecular weight is 279 g/mol. The molecule has 2 rings (SSSR count). The molecule has 108 valence electrons. The minimum atomic E-state index is -1.07. The average Bonchev–Trinajstić information content (AvgIpc) is 2.45. The van der Waals surface area contributed by atoms with Gasteiger partial charge in [-0.05, 0) is 24.1 Å². The van der Waals surface area contributed by atoms with Gasteiger partial charge in [-0.25, -0.2) is 0 Å². The number of aliphatic hydroxyl groups is 1. The van der Waals surface area contributed by atoms with E-state index in [4.69, 9.17) is 9.47 Å². The van der Waals surface area contributed by atoms with Crippen LogP contribution in [0.5, 0.6) is 11.5 Å². The van der Waals surface area contributed by atoms with Gasteiger partial charge in [-0.3, -0.25) is 10.1 Å². The highest BCUT2D eigenvalue weighted by Gasteiger charge is 2.40. The number of rotatable bonds is 4. The number of aliphatic hydroxyl groups excluding tert-OH is 1. The van der Waals surface area contributed by atoms with Crippen LogP contribution < -0.4 is 9.47 Å². The van der Waals surface area contributed by atoms with E-state index < -0.39 is 17.1 Å². The van der Waals surface area contributed by atoms with E-state index in [1.54, 1.807) is 24.3 Å². The summed E-state index contributed by atoms with van der Waals surface area (Å²) < 4.78 is 10.4. The Kier molecular flexibility index (Phi) is 4.24. The summed E-state index contributed by atoms with van der Waals surface area (Å²) in [6.07, 6.45) is 2.69. The lowest BCUT2D eigenvalue weighted by Gasteiger charge is -2.26. The van der Waals surface area contributed by atoms with Crippen molar-refractivity contribution in [2.45, 2.75) is 24.5 Å². The van der Waals surface area contributed by atoms with Crippen LogP contribution in [-0.2, 0) is 0 Å². The molecule has 6 nitrogen and oxygen atoms in total. The molecule has 3 atom stereocenters. The van der Waals surface area contributed by atoms with Crippen molar-refractivity contribution in [3.05, 3.63) is 46.0 Å². The molecule has 1 aliphatic rings. The summed E-state index contributed by atoms with van der Waals surface area (Å²) in [5.74, 6) is 0.710. The molecule has 0 saturated carbocycles. The second kappa shape index (κ2) is 5.92. The van der Waals surface area contributed by atoms with Crippen molar-refractivity contribution in [3.8, 4) is 11.5 Å². The molecule has 0 aromatic heterocycles. The Morgan fingerprint density at radius 2 is 2.00 bits per heavy atom. The van der Waals surface area contributed by atoms with Crippen LogP contribution >= 0.6 is 0 Å². The summed E-state index contributed by atoms with van der Waals surface area (Å²) in [6, 6.07) is 4.17. The lowest BCUT2D eigenvalue weighted by atomic mass is 9.82. The summed E-state index contributed by atoms with van der Waals surface area (Å²) in [5.41, 5.74) is 0.757. The number of ether oxygens (including phenoxy) is 2. The highest BCUT2D eigenvalue weighted by molar-refractivity contribution is 5.44. The number of hydrogen-bond donors (Lipinski definition) is 1. The normalized spacial score (nSPS) is 25.2. The number of benzene rings is 1. The second-order valence-electron chi connectivity index (χ2n) is 4.65. The van der Waals surface area contributed by atoms with Crippen LogP contribution in [0, 0.1) is 10.1 Å². The third kappa shape index (κ3) is 2.60. The third-order valence-electron chi connectivity index (χ3n) is 3.56. The Hall–Kier alpha value is -2.08. The molecule has 0 radical (unpaired) electrons. The smallest absolute Gasteiger partial charge is 0.249 e. The van der Waals surface area contributed by atoms with Crippen molar-refractivity contribution >= 4 is 0 Å². The monoisotopic (exact) mass is 279 g/mol. The molecule has 3 unspecified atom stereocenters. The minimum Gasteiger partial charge on any atom is -0.493 e. The molecule has 1 aliphatic carbocycles. The van der Waals surface area contributed by atoms with Crippen molar-refractivity contribution < 1.29 is 19.5 Å². The Morgan fingerprint density at radius 1 is 1.30 bits per heavy atom. The van der Waals surface area contributed by atoms with E-state index in [-0.39, 0.29) is 5.92 Å². The third-order valence-corrected chi connectivity index (χ3v) is 3.56. The maximum atomic E-state index is 11.2. The fourth-order valence-electron chi connectivity index (χ4n) is 2.54. The number of methoxy groups -OCH3 is 2. The minimum absolute atomic E-state index is 0.384. The van der Waals surface area contributed by atoms with E-state index >= 15 is 0 Å². The highest BCUT2D eigenvalue weighted by atomic mass is 16.6. The molecule has 0 aliphatic heterocycles. The molecular weight excluding hydrogens is 262 g/mol. The van der Waals surface area contributed by atoms with E-state index in [2.05, 4.69) is 0 Å². The first-order chi connectivity index (χ1) is 9.58. The molecule has 0 spiro atoms.